The second-order valence-electron chi connectivity index (χ2n) is 7.84. The zero-order chi connectivity index (χ0) is 21.4. The molecule has 2 atom stereocenters. The average molecular weight is 421 g/mol. The third-order valence-electron chi connectivity index (χ3n) is 5.14. The molecule has 6 nitrogen and oxygen atoms in total. The van der Waals surface area contributed by atoms with Crippen LogP contribution in [-0.4, -0.2) is 26.2 Å². The number of nitrogens with one attached hydrogen (secondary N) is 1. The molecule has 8 heteroatoms. The van der Waals surface area contributed by atoms with E-state index in [0.717, 1.165) is 10.4 Å². The molecule has 0 spiro atoms. The van der Waals surface area contributed by atoms with E-state index >= 15 is 0 Å². The van der Waals surface area contributed by atoms with Crippen molar-refractivity contribution >= 4 is 39.2 Å². The van der Waals surface area contributed by atoms with Crippen LogP contribution in [0.1, 0.15) is 58.0 Å². The first kappa shape index (κ1) is 22.4. The van der Waals surface area contributed by atoms with Gasteiger partial charge in [0.25, 0.3) is 5.56 Å². The van der Waals surface area contributed by atoms with Crippen molar-refractivity contribution in [2.24, 2.45) is 5.92 Å². The van der Waals surface area contributed by atoms with Crippen LogP contribution in [-0.2, 0) is 4.79 Å². The molecule has 152 valence electrons. The van der Waals surface area contributed by atoms with Crippen molar-refractivity contribution in [1.29, 1.82) is 5.26 Å². The third-order valence-corrected chi connectivity index (χ3v) is 7.31. The standard InChI is InChI=1S/C20H28N4O2S2/c1-10(2)20(8,9-21)23-16(25)14(7)28-19-22-17-15(12(5)13(6)27-17)18(26)24(19)11(3)4/h10-11,14H,1-8H3,(H,23,25)/t14-,20-/m0/s1. The van der Waals surface area contributed by atoms with Crippen molar-refractivity contribution in [3.05, 3.63) is 20.8 Å². The normalized spacial score (nSPS) is 14.9. The maximum Gasteiger partial charge on any atom is 0.263 e. The minimum atomic E-state index is -0.941. The lowest BCUT2D eigenvalue weighted by atomic mass is 9.90. The van der Waals surface area contributed by atoms with Crippen LogP contribution >= 0.6 is 23.1 Å². The second-order valence-corrected chi connectivity index (χ2v) is 10.4. The van der Waals surface area contributed by atoms with Crippen molar-refractivity contribution in [1.82, 2.24) is 14.9 Å². The SMILES string of the molecule is Cc1sc2nc(S[C@@H](C)C(=O)N[C@@](C)(C#N)C(C)C)n(C(C)C)c(=O)c2c1C. The van der Waals surface area contributed by atoms with Gasteiger partial charge in [0, 0.05) is 10.9 Å². The maximum absolute atomic E-state index is 13.1. The molecule has 0 bridgehead atoms. The summed E-state index contributed by atoms with van der Waals surface area (Å²) in [5, 5.41) is 13.0. The van der Waals surface area contributed by atoms with E-state index in [-0.39, 0.29) is 23.4 Å². The Balaban J connectivity index is 2.43. The molecule has 0 aliphatic rings. The number of hydrogen-bond acceptors (Lipinski definition) is 6. The summed E-state index contributed by atoms with van der Waals surface area (Å²) in [6, 6.07) is 2.11. The number of amides is 1. The number of carbonyl (C=O) groups excluding carboxylic acids is 1. The van der Waals surface area contributed by atoms with Gasteiger partial charge < -0.3 is 5.32 Å². The van der Waals surface area contributed by atoms with Crippen molar-refractivity contribution in [3.8, 4) is 6.07 Å². The van der Waals surface area contributed by atoms with Crippen LogP contribution in [0, 0.1) is 31.1 Å². The van der Waals surface area contributed by atoms with Crippen LogP contribution in [0.5, 0.6) is 0 Å². The Morgan fingerprint density at radius 2 is 1.89 bits per heavy atom. The summed E-state index contributed by atoms with van der Waals surface area (Å²) in [7, 11) is 0. The highest BCUT2D eigenvalue weighted by atomic mass is 32.2. The summed E-state index contributed by atoms with van der Waals surface area (Å²) in [6.07, 6.45) is 0. The molecule has 0 fully saturated rings. The van der Waals surface area contributed by atoms with Gasteiger partial charge in [0.1, 0.15) is 10.4 Å². The van der Waals surface area contributed by atoms with E-state index in [2.05, 4.69) is 11.4 Å². The van der Waals surface area contributed by atoms with Gasteiger partial charge >= 0.3 is 0 Å². The van der Waals surface area contributed by atoms with Gasteiger partial charge in [-0.25, -0.2) is 4.98 Å². The van der Waals surface area contributed by atoms with Gasteiger partial charge in [-0.1, -0.05) is 25.6 Å². The number of nitrogens with zero attached hydrogens (tertiary/aromatic N) is 3. The quantitative estimate of drug-likeness (QED) is 0.559. The zero-order valence-electron chi connectivity index (χ0n) is 17.7. The van der Waals surface area contributed by atoms with Crippen LogP contribution in [0.15, 0.2) is 9.95 Å². The summed E-state index contributed by atoms with van der Waals surface area (Å²) >= 11 is 2.75. The number of rotatable bonds is 6. The number of hydrogen-bond donors (Lipinski definition) is 1. The predicted molar refractivity (Wildman–Crippen MR) is 116 cm³/mol. The van der Waals surface area contributed by atoms with E-state index in [1.165, 1.54) is 23.1 Å². The first-order chi connectivity index (χ1) is 12.9. The summed E-state index contributed by atoms with van der Waals surface area (Å²) in [5.74, 6) is -0.273. The van der Waals surface area contributed by atoms with Crippen LogP contribution in [0.3, 0.4) is 0 Å². The minimum absolute atomic E-state index is 0.0287. The highest BCUT2D eigenvalue weighted by Gasteiger charge is 2.32. The van der Waals surface area contributed by atoms with Crippen molar-refractivity contribution in [2.75, 3.05) is 0 Å². The summed E-state index contributed by atoms with van der Waals surface area (Å²) < 4.78 is 1.65. The van der Waals surface area contributed by atoms with Crippen molar-refractivity contribution in [3.63, 3.8) is 0 Å². The third kappa shape index (κ3) is 4.11. The largest absolute Gasteiger partial charge is 0.337 e. The van der Waals surface area contributed by atoms with E-state index in [1.807, 2.05) is 41.5 Å². The number of aromatic nitrogens is 2. The first-order valence-electron chi connectivity index (χ1n) is 9.35. The average Bonchev–Trinajstić information content (AvgIpc) is 2.88. The molecule has 2 rings (SSSR count). The predicted octanol–water partition coefficient (Wildman–Crippen LogP) is 4.19. The second kappa shape index (κ2) is 8.26. The molecule has 0 aromatic carbocycles. The molecular weight excluding hydrogens is 392 g/mol. The number of fused-ring (bicyclic) bond motifs is 1. The smallest absolute Gasteiger partial charge is 0.263 e. The summed E-state index contributed by atoms with van der Waals surface area (Å²) in [6.45, 7) is 15.1. The van der Waals surface area contributed by atoms with Gasteiger partial charge in [-0.3, -0.25) is 14.2 Å². The van der Waals surface area contributed by atoms with E-state index in [9.17, 15) is 14.9 Å². The maximum atomic E-state index is 13.1. The van der Waals surface area contributed by atoms with E-state index in [0.29, 0.717) is 15.4 Å². The Bertz CT molecular complexity index is 1000. The van der Waals surface area contributed by atoms with Gasteiger partial charge in [0.2, 0.25) is 5.91 Å². The summed E-state index contributed by atoms with van der Waals surface area (Å²) in [4.78, 5) is 32.3. The number of aryl methyl sites for hydroxylation is 2. The minimum Gasteiger partial charge on any atom is -0.337 e. The molecule has 0 unspecified atom stereocenters. The van der Waals surface area contributed by atoms with Crippen LogP contribution < -0.4 is 10.9 Å². The van der Waals surface area contributed by atoms with Crippen molar-refractivity contribution in [2.45, 2.75) is 77.4 Å². The molecule has 0 aliphatic carbocycles. The van der Waals surface area contributed by atoms with E-state index < -0.39 is 10.8 Å². The lowest BCUT2D eigenvalue weighted by Gasteiger charge is -2.28. The molecule has 2 heterocycles. The first-order valence-corrected chi connectivity index (χ1v) is 11.0. The number of thioether (sulfide) groups is 1. The molecule has 0 saturated heterocycles. The molecule has 0 aliphatic heterocycles. The Hall–Kier alpha value is -1.85. The van der Waals surface area contributed by atoms with Gasteiger partial charge in [0.15, 0.2) is 5.16 Å². The summed E-state index contributed by atoms with van der Waals surface area (Å²) in [5.41, 5.74) is -0.0415. The highest BCUT2D eigenvalue weighted by Crippen LogP contribution is 2.31. The molecule has 1 amide bonds. The zero-order valence-corrected chi connectivity index (χ0v) is 19.3. The van der Waals surface area contributed by atoms with Crippen LogP contribution in [0.25, 0.3) is 10.2 Å². The Kier molecular flexibility index (Phi) is 6.62. The van der Waals surface area contributed by atoms with Crippen LogP contribution in [0.4, 0.5) is 0 Å². The fourth-order valence-corrected chi connectivity index (χ4v) is 4.81. The Morgan fingerprint density at radius 1 is 1.29 bits per heavy atom. The molecule has 2 aromatic heterocycles. The highest BCUT2D eigenvalue weighted by molar-refractivity contribution is 8.00. The Labute approximate surface area is 174 Å². The lowest BCUT2D eigenvalue weighted by Crippen LogP contribution is -2.51. The van der Waals surface area contributed by atoms with E-state index in [1.54, 1.807) is 18.4 Å². The van der Waals surface area contributed by atoms with E-state index in [4.69, 9.17) is 4.98 Å². The molecular formula is C20H28N4O2S2. The Morgan fingerprint density at radius 3 is 2.39 bits per heavy atom. The molecule has 1 N–H and O–H groups in total. The van der Waals surface area contributed by atoms with Gasteiger partial charge in [-0.15, -0.1) is 11.3 Å². The molecule has 2 aromatic rings. The fraction of sp³-hybridized carbons (Fsp3) is 0.600. The number of nitriles is 1. The molecule has 0 saturated carbocycles. The van der Waals surface area contributed by atoms with Gasteiger partial charge in [-0.2, -0.15) is 5.26 Å². The van der Waals surface area contributed by atoms with Crippen LogP contribution in [0.2, 0.25) is 0 Å². The number of thiophene rings is 1. The van der Waals surface area contributed by atoms with Crippen molar-refractivity contribution < 1.29 is 4.79 Å². The molecule has 28 heavy (non-hydrogen) atoms. The van der Waals surface area contributed by atoms with Gasteiger partial charge in [-0.05, 0) is 53.0 Å². The van der Waals surface area contributed by atoms with Gasteiger partial charge in [0.05, 0.1) is 16.7 Å². The number of carbonyl (C=O) groups is 1. The topological polar surface area (TPSA) is 87.8 Å². The monoisotopic (exact) mass is 420 g/mol. The fourth-order valence-electron chi connectivity index (χ4n) is 2.70. The lowest BCUT2D eigenvalue weighted by molar-refractivity contribution is -0.121. The molecule has 0 radical (unpaired) electrons.